The van der Waals surface area contributed by atoms with Crippen LogP contribution in [0.15, 0.2) is 18.2 Å². The van der Waals surface area contributed by atoms with Gasteiger partial charge in [-0.2, -0.15) is 0 Å². The van der Waals surface area contributed by atoms with Crippen molar-refractivity contribution in [3.05, 3.63) is 29.6 Å². The van der Waals surface area contributed by atoms with E-state index in [1.807, 2.05) is 0 Å². The molecule has 0 amide bonds. The molecule has 19 heavy (non-hydrogen) atoms. The predicted octanol–water partition coefficient (Wildman–Crippen LogP) is 2.15. The largest absolute Gasteiger partial charge is 0.494 e. The summed E-state index contributed by atoms with van der Waals surface area (Å²) in [7, 11) is 4.90. The van der Waals surface area contributed by atoms with Crippen LogP contribution >= 0.6 is 0 Å². The number of methoxy groups -OCH3 is 2. The standard InChI is InChI=1S/C14H22FNO3/c1-16-12(7-8-19-10-9-17-2)11-5-4-6-13(18-3)14(11)15/h4-6,12,16H,7-10H2,1-3H3. The van der Waals surface area contributed by atoms with Gasteiger partial charge in [-0.05, 0) is 19.5 Å². The summed E-state index contributed by atoms with van der Waals surface area (Å²) < 4.78 is 29.4. The number of hydrogen-bond donors (Lipinski definition) is 1. The van der Waals surface area contributed by atoms with Crippen molar-refractivity contribution in [2.75, 3.05) is 41.1 Å². The summed E-state index contributed by atoms with van der Waals surface area (Å²) >= 11 is 0. The van der Waals surface area contributed by atoms with E-state index in [1.54, 1.807) is 32.4 Å². The molecule has 0 fully saturated rings. The molecule has 1 aromatic carbocycles. The maximum absolute atomic E-state index is 14.1. The Hall–Kier alpha value is -1.17. The van der Waals surface area contributed by atoms with Crippen LogP contribution in [0.1, 0.15) is 18.0 Å². The minimum absolute atomic E-state index is 0.0994. The maximum atomic E-state index is 14.1. The van der Waals surface area contributed by atoms with E-state index in [9.17, 15) is 4.39 Å². The highest BCUT2D eigenvalue weighted by atomic mass is 19.1. The summed E-state index contributed by atoms with van der Waals surface area (Å²) in [4.78, 5) is 0. The first-order chi connectivity index (χ1) is 9.24. The molecule has 0 aromatic heterocycles. The van der Waals surface area contributed by atoms with Crippen LogP contribution in [0.25, 0.3) is 0 Å². The van der Waals surface area contributed by atoms with E-state index in [4.69, 9.17) is 14.2 Å². The smallest absolute Gasteiger partial charge is 0.169 e. The highest BCUT2D eigenvalue weighted by Gasteiger charge is 2.16. The van der Waals surface area contributed by atoms with Gasteiger partial charge >= 0.3 is 0 Å². The Balaban J connectivity index is 2.59. The fourth-order valence-electron chi connectivity index (χ4n) is 1.86. The van der Waals surface area contributed by atoms with Crippen LogP contribution in [0.4, 0.5) is 4.39 Å². The molecule has 1 aromatic rings. The topological polar surface area (TPSA) is 39.7 Å². The molecule has 0 heterocycles. The van der Waals surface area contributed by atoms with Gasteiger partial charge in [-0.1, -0.05) is 12.1 Å². The Kier molecular flexibility index (Phi) is 7.40. The van der Waals surface area contributed by atoms with Gasteiger partial charge in [0, 0.05) is 25.3 Å². The third-order valence-electron chi connectivity index (χ3n) is 2.92. The minimum atomic E-state index is -0.318. The number of ether oxygens (including phenoxy) is 3. The molecule has 4 nitrogen and oxygen atoms in total. The first kappa shape index (κ1) is 15.9. The molecule has 1 rings (SSSR count). The lowest BCUT2D eigenvalue weighted by atomic mass is 10.0. The van der Waals surface area contributed by atoms with E-state index in [2.05, 4.69) is 5.32 Å². The third-order valence-corrected chi connectivity index (χ3v) is 2.92. The molecule has 0 aliphatic heterocycles. The molecule has 5 heteroatoms. The van der Waals surface area contributed by atoms with Crippen molar-refractivity contribution < 1.29 is 18.6 Å². The third kappa shape index (κ3) is 4.78. The number of hydrogen-bond acceptors (Lipinski definition) is 4. The van der Waals surface area contributed by atoms with Crippen molar-refractivity contribution >= 4 is 0 Å². The first-order valence-corrected chi connectivity index (χ1v) is 6.31. The Morgan fingerprint density at radius 3 is 2.63 bits per heavy atom. The molecule has 0 saturated heterocycles. The molecule has 108 valence electrons. The summed E-state index contributed by atoms with van der Waals surface area (Å²) in [5.41, 5.74) is 0.595. The van der Waals surface area contributed by atoms with Crippen molar-refractivity contribution in [1.29, 1.82) is 0 Å². The Morgan fingerprint density at radius 1 is 1.21 bits per heavy atom. The quantitative estimate of drug-likeness (QED) is 0.699. The van der Waals surface area contributed by atoms with Gasteiger partial charge in [-0.25, -0.2) is 4.39 Å². The molecule has 0 radical (unpaired) electrons. The predicted molar refractivity (Wildman–Crippen MR) is 72.1 cm³/mol. The van der Waals surface area contributed by atoms with Crippen LogP contribution in [0.3, 0.4) is 0 Å². The Bertz CT molecular complexity index is 374. The Morgan fingerprint density at radius 2 is 2.00 bits per heavy atom. The summed E-state index contributed by atoms with van der Waals surface area (Å²) in [6.45, 7) is 1.66. The fourth-order valence-corrected chi connectivity index (χ4v) is 1.86. The van der Waals surface area contributed by atoms with Crippen LogP contribution in [-0.2, 0) is 9.47 Å². The maximum Gasteiger partial charge on any atom is 0.169 e. The molecule has 0 aliphatic carbocycles. The molecule has 1 atom stereocenters. The summed E-state index contributed by atoms with van der Waals surface area (Å²) in [5, 5.41) is 3.09. The molecule has 1 unspecified atom stereocenters. The van der Waals surface area contributed by atoms with Gasteiger partial charge in [0.1, 0.15) is 0 Å². The normalized spacial score (nSPS) is 12.4. The van der Waals surface area contributed by atoms with Crippen molar-refractivity contribution in [1.82, 2.24) is 5.32 Å². The monoisotopic (exact) mass is 271 g/mol. The zero-order valence-corrected chi connectivity index (χ0v) is 11.7. The average Bonchev–Trinajstić information content (AvgIpc) is 2.44. The van der Waals surface area contributed by atoms with Gasteiger partial charge in [-0.3, -0.25) is 0 Å². The second-order valence-electron chi connectivity index (χ2n) is 4.10. The molecule has 0 saturated carbocycles. The fraction of sp³-hybridized carbons (Fsp3) is 0.571. The van der Waals surface area contributed by atoms with E-state index >= 15 is 0 Å². The van der Waals surface area contributed by atoms with Gasteiger partial charge in [0.15, 0.2) is 11.6 Å². The van der Waals surface area contributed by atoms with Gasteiger partial charge < -0.3 is 19.5 Å². The number of nitrogens with one attached hydrogen (secondary N) is 1. The average molecular weight is 271 g/mol. The van der Waals surface area contributed by atoms with Crippen LogP contribution < -0.4 is 10.1 Å². The summed E-state index contributed by atoms with van der Waals surface area (Å²) in [5.74, 6) is -0.0562. The van der Waals surface area contributed by atoms with Crippen LogP contribution in [-0.4, -0.2) is 41.1 Å². The molecule has 1 N–H and O–H groups in total. The van der Waals surface area contributed by atoms with E-state index in [1.165, 1.54) is 7.11 Å². The zero-order chi connectivity index (χ0) is 14.1. The van der Waals surface area contributed by atoms with Gasteiger partial charge in [0.25, 0.3) is 0 Å². The van der Waals surface area contributed by atoms with Gasteiger partial charge in [-0.15, -0.1) is 0 Å². The molecule has 0 spiro atoms. The van der Waals surface area contributed by atoms with Crippen LogP contribution in [0, 0.1) is 5.82 Å². The molecule has 0 aliphatic rings. The lowest BCUT2D eigenvalue weighted by molar-refractivity contribution is 0.0659. The van der Waals surface area contributed by atoms with Crippen LogP contribution in [0.5, 0.6) is 5.75 Å². The van der Waals surface area contributed by atoms with Gasteiger partial charge in [0.05, 0.1) is 20.3 Å². The van der Waals surface area contributed by atoms with Crippen molar-refractivity contribution in [3.63, 3.8) is 0 Å². The Labute approximate surface area is 113 Å². The van der Waals surface area contributed by atoms with Crippen molar-refractivity contribution in [2.24, 2.45) is 0 Å². The SMILES string of the molecule is CNC(CCOCCOC)c1cccc(OC)c1F. The number of rotatable bonds is 9. The summed E-state index contributed by atoms with van der Waals surface area (Å²) in [6.07, 6.45) is 0.685. The van der Waals surface area contributed by atoms with E-state index in [0.717, 1.165) is 0 Å². The lowest BCUT2D eigenvalue weighted by Gasteiger charge is -2.18. The lowest BCUT2D eigenvalue weighted by Crippen LogP contribution is -2.20. The highest BCUT2D eigenvalue weighted by molar-refractivity contribution is 5.33. The molecule has 0 bridgehead atoms. The number of halogens is 1. The zero-order valence-electron chi connectivity index (χ0n) is 11.7. The summed E-state index contributed by atoms with van der Waals surface area (Å²) in [6, 6.07) is 5.06. The van der Waals surface area contributed by atoms with Crippen molar-refractivity contribution in [3.8, 4) is 5.75 Å². The van der Waals surface area contributed by atoms with Gasteiger partial charge in [0.2, 0.25) is 0 Å². The van der Waals surface area contributed by atoms with E-state index in [0.29, 0.717) is 31.8 Å². The molecular formula is C14H22FNO3. The van der Waals surface area contributed by atoms with E-state index in [-0.39, 0.29) is 17.6 Å². The molecular weight excluding hydrogens is 249 g/mol. The van der Waals surface area contributed by atoms with Crippen LogP contribution in [0.2, 0.25) is 0 Å². The number of benzene rings is 1. The highest BCUT2D eigenvalue weighted by Crippen LogP contribution is 2.26. The first-order valence-electron chi connectivity index (χ1n) is 6.31. The van der Waals surface area contributed by atoms with Crippen molar-refractivity contribution in [2.45, 2.75) is 12.5 Å². The van der Waals surface area contributed by atoms with E-state index < -0.39 is 0 Å². The minimum Gasteiger partial charge on any atom is -0.494 e. The second kappa shape index (κ2) is 8.85. The second-order valence-corrected chi connectivity index (χ2v) is 4.10.